The highest BCUT2D eigenvalue weighted by Gasteiger charge is 2.14. The number of nitriles is 1. The van der Waals surface area contributed by atoms with E-state index in [-0.39, 0.29) is 11.3 Å². The normalized spacial score (nSPS) is 10.7. The molecule has 0 aliphatic heterocycles. The molecule has 32 heavy (non-hydrogen) atoms. The number of nitrogens with zero attached hydrogens (tertiary/aromatic N) is 1. The molecular formula is C26H22N2O4. The predicted octanol–water partition coefficient (Wildman–Crippen LogP) is 5.16. The Labute approximate surface area is 186 Å². The summed E-state index contributed by atoms with van der Waals surface area (Å²) >= 11 is 0. The Balaban J connectivity index is 1.82. The number of rotatable bonds is 7. The zero-order valence-electron chi connectivity index (χ0n) is 17.8. The van der Waals surface area contributed by atoms with Gasteiger partial charge in [-0.25, -0.2) is 4.79 Å². The minimum atomic E-state index is -0.522. The molecule has 0 atom stereocenters. The van der Waals surface area contributed by atoms with Crippen LogP contribution in [-0.2, 0) is 4.79 Å². The molecule has 0 aliphatic carbocycles. The van der Waals surface area contributed by atoms with Crippen molar-refractivity contribution in [1.29, 1.82) is 5.26 Å². The average Bonchev–Trinajstić information content (AvgIpc) is 2.80. The van der Waals surface area contributed by atoms with E-state index in [0.717, 1.165) is 5.56 Å². The zero-order chi connectivity index (χ0) is 22.9. The summed E-state index contributed by atoms with van der Waals surface area (Å²) in [7, 11) is 0. The zero-order valence-corrected chi connectivity index (χ0v) is 17.8. The van der Waals surface area contributed by atoms with Crippen LogP contribution in [0.5, 0.6) is 11.5 Å². The lowest BCUT2D eigenvalue weighted by Gasteiger charge is -2.12. The molecule has 160 valence electrons. The summed E-state index contributed by atoms with van der Waals surface area (Å²) in [6.07, 6.45) is 1.45. The largest absolute Gasteiger partial charge is 0.490 e. The van der Waals surface area contributed by atoms with E-state index >= 15 is 0 Å². The molecule has 0 aromatic heterocycles. The lowest BCUT2D eigenvalue weighted by molar-refractivity contribution is -0.112. The van der Waals surface area contributed by atoms with Gasteiger partial charge in [-0.05, 0) is 61.9 Å². The first-order valence-corrected chi connectivity index (χ1v) is 10.0. The van der Waals surface area contributed by atoms with Crippen LogP contribution in [0.15, 0.2) is 78.4 Å². The molecule has 1 amide bonds. The molecule has 3 aromatic rings. The standard InChI is InChI=1S/C26H22N2O4/c1-3-31-24-16-19(15-21(17-27)25(29)28-22-7-5-4-6-8-22)11-14-23(24)32-26(30)20-12-9-18(2)10-13-20/h4-16H,3H2,1-2H3,(H,28,29)/b21-15+. The highest BCUT2D eigenvalue weighted by molar-refractivity contribution is 6.09. The number of hydrogen-bond donors (Lipinski definition) is 1. The molecule has 0 saturated carbocycles. The fourth-order valence-corrected chi connectivity index (χ4v) is 2.85. The van der Waals surface area contributed by atoms with Crippen molar-refractivity contribution in [3.8, 4) is 17.6 Å². The van der Waals surface area contributed by atoms with Crippen molar-refractivity contribution < 1.29 is 19.1 Å². The quantitative estimate of drug-likeness (QED) is 0.244. The highest BCUT2D eigenvalue weighted by atomic mass is 16.6. The second-order valence-corrected chi connectivity index (χ2v) is 6.88. The van der Waals surface area contributed by atoms with Crippen LogP contribution in [0.4, 0.5) is 5.69 Å². The van der Waals surface area contributed by atoms with Gasteiger partial charge in [-0.1, -0.05) is 42.0 Å². The third-order valence-corrected chi connectivity index (χ3v) is 4.47. The first-order valence-electron chi connectivity index (χ1n) is 10.0. The molecule has 6 nitrogen and oxygen atoms in total. The minimum Gasteiger partial charge on any atom is -0.490 e. The fraction of sp³-hybridized carbons (Fsp3) is 0.115. The second kappa shape index (κ2) is 10.6. The van der Waals surface area contributed by atoms with Gasteiger partial charge in [0.15, 0.2) is 11.5 Å². The number of carbonyl (C=O) groups excluding carboxylic acids is 2. The van der Waals surface area contributed by atoms with Crippen molar-refractivity contribution in [2.45, 2.75) is 13.8 Å². The van der Waals surface area contributed by atoms with Crippen LogP contribution in [0.1, 0.15) is 28.4 Å². The summed E-state index contributed by atoms with van der Waals surface area (Å²) in [5.41, 5.74) is 2.54. The van der Waals surface area contributed by atoms with Crippen LogP contribution in [-0.4, -0.2) is 18.5 Å². The molecule has 3 rings (SSSR count). The first kappa shape index (κ1) is 22.3. The molecule has 0 aliphatic rings. The van der Waals surface area contributed by atoms with Crippen LogP contribution in [0.2, 0.25) is 0 Å². The van der Waals surface area contributed by atoms with E-state index in [2.05, 4.69) is 5.32 Å². The van der Waals surface area contributed by atoms with Crippen LogP contribution in [0.3, 0.4) is 0 Å². The maximum absolute atomic E-state index is 12.5. The van der Waals surface area contributed by atoms with E-state index in [4.69, 9.17) is 9.47 Å². The van der Waals surface area contributed by atoms with Gasteiger partial charge in [0.2, 0.25) is 0 Å². The molecule has 0 saturated heterocycles. The topological polar surface area (TPSA) is 88.4 Å². The van der Waals surface area contributed by atoms with E-state index in [0.29, 0.717) is 29.2 Å². The molecule has 6 heteroatoms. The van der Waals surface area contributed by atoms with Gasteiger partial charge >= 0.3 is 5.97 Å². The number of aryl methyl sites for hydroxylation is 1. The van der Waals surface area contributed by atoms with Crippen LogP contribution < -0.4 is 14.8 Å². The molecule has 1 N–H and O–H groups in total. The molecule has 0 heterocycles. The van der Waals surface area contributed by atoms with Crippen LogP contribution in [0.25, 0.3) is 6.08 Å². The summed E-state index contributed by atoms with van der Waals surface area (Å²) in [5.74, 6) is -0.440. The molecule has 0 spiro atoms. The Kier molecular flexibility index (Phi) is 7.39. The van der Waals surface area contributed by atoms with E-state index in [1.54, 1.807) is 54.6 Å². The van der Waals surface area contributed by atoms with Gasteiger partial charge in [0.25, 0.3) is 5.91 Å². The molecule has 0 radical (unpaired) electrons. The summed E-state index contributed by atoms with van der Waals surface area (Å²) in [5, 5.41) is 12.1. The Hall–Kier alpha value is -4.37. The fourth-order valence-electron chi connectivity index (χ4n) is 2.85. The highest BCUT2D eigenvalue weighted by Crippen LogP contribution is 2.30. The lowest BCUT2D eigenvalue weighted by atomic mass is 10.1. The SMILES string of the molecule is CCOc1cc(/C=C(\C#N)C(=O)Nc2ccccc2)ccc1OC(=O)c1ccc(C)cc1. The van der Waals surface area contributed by atoms with Crippen molar-refractivity contribution in [1.82, 2.24) is 0 Å². The van der Waals surface area contributed by atoms with E-state index in [9.17, 15) is 14.9 Å². The Morgan fingerprint density at radius 2 is 1.72 bits per heavy atom. The van der Waals surface area contributed by atoms with Gasteiger partial charge in [-0.15, -0.1) is 0 Å². The third-order valence-electron chi connectivity index (χ3n) is 4.47. The number of amides is 1. The number of para-hydroxylation sites is 1. The first-order chi connectivity index (χ1) is 15.5. The molecule has 0 bridgehead atoms. The maximum Gasteiger partial charge on any atom is 0.343 e. The van der Waals surface area contributed by atoms with E-state index in [1.165, 1.54) is 6.08 Å². The van der Waals surface area contributed by atoms with Crippen molar-refractivity contribution >= 4 is 23.6 Å². The smallest absolute Gasteiger partial charge is 0.343 e. The van der Waals surface area contributed by atoms with Gasteiger partial charge in [-0.2, -0.15) is 5.26 Å². The number of carbonyl (C=O) groups is 2. The van der Waals surface area contributed by atoms with Gasteiger partial charge in [0.05, 0.1) is 12.2 Å². The maximum atomic E-state index is 12.5. The second-order valence-electron chi connectivity index (χ2n) is 6.88. The van der Waals surface area contributed by atoms with Gasteiger partial charge < -0.3 is 14.8 Å². The number of benzene rings is 3. The molecular weight excluding hydrogens is 404 g/mol. The molecule has 3 aromatic carbocycles. The number of hydrogen-bond acceptors (Lipinski definition) is 5. The van der Waals surface area contributed by atoms with Crippen LogP contribution in [0, 0.1) is 18.3 Å². The minimum absolute atomic E-state index is 0.0688. The molecule has 0 unspecified atom stereocenters. The lowest BCUT2D eigenvalue weighted by Crippen LogP contribution is -2.13. The average molecular weight is 426 g/mol. The predicted molar refractivity (Wildman–Crippen MR) is 122 cm³/mol. The monoisotopic (exact) mass is 426 g/mol. The number of esters is 1. The van der Waals surface area contributed by atoms with Crippen LogP contribution >= 0.6 is 0 Å². The third kappa shape index (κ3) is 5.83. The Morgan fingerprint density at radius 3 is 2.38 bits per heavy atom. The molecule has 0 fully saturated rings. The Morgan fingerprint density at radius 1 is 1.00 bits per heavy atom. The Bertz CT molecular complexity index is 1180. The summed E-state index contributed by atoms with van der Waals surface area (Å²) in [4.78, 5) is 24.9. The summed E-state index contributed by atoms with van der Waals surface area (Å²) in [6, 6.07) is 22.7. The summed E-state index contributed by atoms with van der Waals surface area (Å²) < 4.78 is 11.1. The van der Waals surface area contributed by atoms with E-state index in [1.807, 2.05) is 38.1 Å². The van der Waals surface area contributed by atoms with E-state index < -0.39 is 11.9 Å². The van der Waals surface area contributed by atoms with Gasteiger partial charge in [-0.3, -0.25) is 4.79 Å². The van der Waals surface area contributed by atoms with Crippen molar-refractivity contribution in [3.63, 3.8) is 0 Å². The number of anilines is 1. The van der Waals surface area contributed by atoms with Crippen molar-refractivity contribution in [3.05, 3.63) is 95.1 Å². The number of nitrogens with one attached hydrogen (secondary N) is 1. The van der Waals surface area contributed by atoms with Crippen molar-refractivity contribution in [2.24, 2.45) is 0 Å². The number of ether oxygens (including phenoxy) is 2. The van der Waals surface area contributed by atoms with Crippen molar-refractivity contribution in [2.75, 3.05) is 11.9 Å². The van der Waals surface area contributed by atoms with Gasteiger partial charge in [0, 0.05) is 5.69 Å². The van der Waals surface area contributed by atoms with Gasteiger partial charge in [0.1, 0.15) is 11.6 Å². The summed E-state index contributed by atoms with van der Waals surface area (Å²) in [6.45, 7) is 4.09.